The molecule has 158 valence electrons. The lowest BCUT2D eigenvalue weighted by atomic mass is 9.75. The number of hydrogen-bond donors (Lipinski definition) is 0. The predicted molar refractivity (Wildman–Crippen MR) is 128 cm³/mol. The Balaban J connectivity index is 0.000000125. The van der Waals surface area contributed by atoms with Gasteiger partial charge in [-0.3, -0.25) is 9.59 Å². The number of hydrogen-bond acceptors (Lipinski definition) is 9. The number of methoxy groups -OCH3 is 1. The average Bonchev–Trinajstić information content (AvgIpc) is 2.66. The number of ketones is 1. The van der Waals surface area contributed by atoms with Crippen molar-refractivity contribution in [3.05, 3.63) is 5.53 Å². The molecule has 0 N–H and O–H groups in total. The van der Waals surface area contributed by atoms with E-state index in [9.17, 15) is 9.59 Å². The molecule has 0 atom stereocenters. The number of ether oxygens (including phenoxy) is 1. The van der Waals surface area contributed by atoms with Gasteiger partial charge in [0.05, 0.1) is 40.0 Å². The molecule has 8 rings (SSSR count). The van der Waals surface area contributed by atoms with Crippen LogP contribution in [0.5, 0.6) is 0 Å². The van der Waals surface area contributed by atoms with Gasteiger partial charge in [0.1, 0.15) is 0 Å². The van der Waals surface area contributed by atoms with Crippen LogP contribution in [0.2, 0.25) is 0 Å². The van der Waals surface area contributed by atoms with Gasteiger partial charge in [-0.2, -0.15) is 4.79 Å². The molecule has 0 amide bonds. The number of Topliss-reactive ketones (excluding diaryl/α,β-unsaturated/α-hetero) is 1. The van der Waals surface area contributed by atoms with Crippen molar-refractivity contribution in [2.45, 2.75) is 66.0 Å². The Morgan fingerprint density at radius 3 is 1.45 bits per heavy atom. The second-order valence-corrected chi connectivity index (χ2v) is 18.5. The van der Waals surface area contributed by atoms with Gasteiger partial charge in [-0.25, -0.2) is 0 Å². The third-order valence-corrected chi connectivity index (χ3v) is 16.1. The van der Waals surface area contributed by atoms with Crippen molar-refractivity contribution in [3.63, 3.8) is 0 Å². The molecule has 5 nitrogen and oxygen atoms in total. The standard InChI is InChI=1S/C9H10N2OS3.C9H12O2S3/c10-11-4-5(12)9-1-6-13-7(2-9)15-8(3-9)14-6;1-11-8(10)9-2-5-12-6(3-9)14-7(4-9)13-5/h4,6-8H,1-3H2;5-7H,2-4H2,1H3. The summed E-state index contributed by atoms with van der Waals surface area (Å²) in [5, 5.41) is 0. The summed E-state index contributed by atoms with van der Waals surface area (Å²) >= 11 is 12.2. The summed E-state index contributed by atoms with van der Waals surface area (Å²) in [6.45, 7) is 0. The van der Waals surface area contributed by atoms with E-state index in [0.29, 0.717) is 27.5 Å². The number of nitrogens with zero attached hydrogens (tertiary/aromatic N) is 2. The quantitative estimate of drug-likeness (QED) is 0.233. The molecule has 8 aliphatic rings. The first kappa shape index (κ1) is 21.5. The zero-order chi connectivity index (χ0) is 20.2. The van der Waals surface area contributed by atoms with E-state index >= 15 is 0 Å². The average molecular weight is 507 g/mol. The first-order valence-electron chi connectivity index (χ1n) is 9.67. The highest BCUT2D eigenvalue weighted by Gasteiger charge is 2.57. The Morgan fingerprint density at radius 1 is 0.793 bits per heavy atom. The molecule has 0 radical (unpaired) electrons. The lowest BCUT2D eigenvalue weighted by Crippen LogP contribution is -2.49. The summed E-state index contributed by atoms with van der Waals surface area (Å²) in [6.07, 6.45) is 7.07. The monoisotopic (exact) mass is 506 g/mol. The molecule has 0 aromatic heterocycles. The Morgan fingerprint density at radius 2 is 1.14 bits per heavy atom. The van der Waals surface area contributed by atoms with Gasteiger partial charge in [0, 0.05) is 5.41 Å². The lowest BCUT2D eigenvalue weighted by molar-refractivity contribution is -0.154. The fourth-order valence-electron chi connectivity index (χ4n) is 5.16. The van der Waals surface area contributed by atoms with Crippen molar-refractivity contribution in [2.24, 2.45) is 10.8 Å². The van der Waals surface area contributed by atoms with Crippen molar-refractivity contribution >= 4 is 88.5 Å². The molecule has 8 saturated heterocycles. The maximum Gasteiger partial charge on any atom is 0.323 e. The van der Waals surface area contributed by atoms with E-state index in [-0.39, 0.29) is 22.6 Å². The van der Waals surface area contributed by atoms with Gasteiger partial charge in [0.2, 0.25) is 5.78 Å². The molecule has 0 unspecified atom stereocenters. The van der Waals surface area contributed by atoms with Crippen molar-refractivity contribution < 1.29 is 19.1 Å². The molecule has 0 saturated carbocycles. The van der Waals surface area contributed by atoms with Crippen LogP contribution in [0.4, 0.5) is 0 Å². The minimum absolute atomic E-state index is 0.0332. The van der Waals surface area contributed by atoms with Crippen LogP contribution in [0.15, 0.2) is 0 Å². The Bertz CT molecular complexity index is 700. The van der Waals surface area contributed by atoms with Gasteiger partial charge in [-0.15, -0.1) is 70.6 Å². The van der Waals surface area contributed by atoms with Gasteiger partial charge in [0.25, 0.3) is 0 Å². The van der Waals surface area contributed by atoms with Crippen molar-refractivity contribution in [3.8, 4) is 0 Å². The van der Waals surface area contributed by atoms with Crippen LogP contribution in [0.1, 0.15) is 38.5 Å². The van der Waals surface area contributed by atoms with E-state index in [4.69, 9.17) is 10.3 Å². The van der Waals surface area contributed by atoms with Crippen LogP contribution in [0, 0.1) is 10.8 Å². The van der Waals surface area contributed by atoms with Crippen LogP contribution in [-0.2, 0) is 14.3 Å². The third-order valence-electron chi connectivity index (χ3n) is 6.48. The van der Waals surface area contributed by atoms with E-state index in [2.05, 4.69) is 40.1 Å². The molecular formula is C18H22N2O3S6. The molecule has 8 fully saturated rings. The smallest absolute Gasteiger partial charge is 0.323 e. The summed E-state index contributed by atoms with van der Waals surface area (Å²) < 4.78 is 8.66. The Kier molecular flexibility index (Phi) is 6.06. The van der Waals surface area contributed by atoms with Gasteiger partial charge in [-0.1, -0.05) is 0 Å². The van der Waals surface area contributed by atoms with Crippen molar-refractivity contribution in [1.82, 2.24) is 0 Å². The fourth-order valence-corrected chi connectivity index (χ4v) is 19.8. The summed E-state index contributed by atoms with van der Waals surface area (Å²) in [6, 6.07) is 0. The summed E-state index contributed by atoms with van der Waals surface area (Å²) in [7, 11) is 1.52. The zero-order valence-corrected chi connectivity index (χ0v) is 20.8. The highest BCUT2D eigenvalue weighted by Crippen LogP contribution is 2.67. The van der Waals surface area contributed by atoms with Crippen molar-refractivity contribution in [2.75, 3.05) is 7.11 Å². The Labute approximate surface area is 196 Å². The molecular weight excluding hydrogens is 485 g/mol. The lowest BCUT2D eigenvalue weighted by Gasteiger charge is -2.53. The van der Waals surface area contributed by atoms with E-state index < -0.39 is 0 Å². The maximum absolute atomic E-state index is 12.0. The number of carbonyl (C=O) groups excluding carboxylic acids is 2. The molecule has 8 heterocycles. The first-order chi connectivity index (χ1) is 13.9. The molecule has 11 heteroatoms. The zero-order valence-electron chi connectivity index (χ0n) is 15.9. The van der Waals surface area contributed by atoms with Crippen LogP contribution >= 0.6 is 70.6 Å². The minimum Gasteiger partial charge on any atom is -0.469 e. The SMILES string of the molecule is COC(=O)C12CC3SC(C1)SC(C2)S3.[N-]=[N+]=CC(=O)C12CC3SC(C1)SC(C2)S3. The summed E-state index contributed by atoms with van der Waals surface area (Å²) in [4.78, 5) is 26.7. The number of thioether (sulfide) groups is 6. The largest absolute Gasteiger partial charge is 0.469 e. The highest BCUT2D eigenvalue weighted by atomic mass is 32.3. The molecule has 29 heavy (non-hydrogen) atoms. The Hall–Kier alpha value is 0.620. The summed E-state index contributed by atoms with van der Waals surface area (Å²) in [5.41, 5.74) is 8.16. The van der Waals surface area contributed by atoms with Gasteiger partial charge in [0.15, 0.2) is 0 Å². The molecule has 0 spiro atoms. The molecule has 0 aromatic rings. The number of esters is 1. The molecule has 8 aliphatic heterocycles. The minimum atomic E-state index is -0.200. The maximum atomic E-state index is 12.0. The van der Waals surface area contributed by atoms with Crippen molar-refractivity contribution in [1.29, 1.82) is 0 Å². The number of carbonyl (C=O) groups is 2. The van der Waals surface area contributed by atoms with E-state index in [1.54, 1.807) is 0 Å². The normalized spacial score (nSPS) is 47.8. The van der Waals surface area contributed by atoms with E-state index in [1.165, 1.54) is 7.11 Å². The van der Waals surface area contributed by atoms with Gasteiger partial charge >= 0.3 is 12.2 Å². The first-order valence-corrected chi connectivity index (χ1v) is 15.3. The third kappa shape index (κ3) is 3.95. The molecule has 0 aliphatic carbocycles. The van der Waals surface area contributed by atoms with Gasteiger partial charge < -0.3 is 10.3 Å². The van der Waals surface area contributed by atoms with E-state index in [0.717, 1.165) is 44.7 Å². The highest BCUT2D eigenvalue weighted by molar-refractivity contribution is 8.34. The van der Waals surface area contributed by atoms with Gasteiger partial charge in [-0.05, 0) is 38.5 Å². The molecule has 8 bridgehead atoms. The summed E-state index contributed by atoms with van der Waals surface area (Å²) in [5.74, 6) is 0.0734. The van der Waals surface area contributed by atoms with Crippen LogP contribution in [-0.4, -0.2) is 57.4 Å². The second-order valence-electron chi connectivity index (χ2n) is 8.28. The number of rotatable bonds is 3. The van der Waals surface area contributed by atoms with Crippen LogP contribution in [0.3, 0.4) is 0 Å². The fraction of sp³-hybridized carbons (Fsp3) is 0.833. The second kappa shape index (κ2) is 8.19. The topological polar surface area (TPSA) is 79.8 Å². The van der Waals surface area contributed by atoms with Crippen LogP contribution in [0.25, 0.3) is 5.53 Å². The predicted octanol–water partition coefficient (Wildman–Crippen LogP) is 4.77. The van der Waals surface area contributed by atoms with Crippen LogP contribution < -0.4 is 0 Å². The van der Waals surface area contributed by atoms with E-state index in [1.807, 2.05) is 35.3 Å². The molecule has 0 aromatic carbocycles.